The Balaban J connectivity index is 1.54. The molecule has 0 aromatic heterocycles. The number of hydrogen-bond donors (Lipinski definition) is 1. The van der Waals surface area contributed by atoms with Crippen LogP contribution < -0.4 is 14.8 Å². The number of rotatable bonds is 7. The lowest BCUT2D eigenvalue weighted by Gasteiger charge is -2.45. The van der Waals surface area contributed by atoms with E-state index in [-0.39, 0.29) is 18.6 Å². The first-order chi connectivity index (χ1) is 13.5. The number of methoxy groups -OCH3 is 2. The van der Waals surface area contributed by atoms with Crippen LogP contribution in [-0.4, -0.2) is 43.2 Å². The molecule has 7 nitrogen and oxygen atoms in total. The maximum atomic E-state index is 12.5. The molecule has 7 heteroatoms. The summed E-state index contributed by atoms with van der Waals surface area (Å²) >= 11 is 0. The van der Waals surface area contributed by atoms with Crippen molar-refractivity contribution in [3.8, 4) is 11.5 Å². The molecule has 3 rings (SSSR count). The zero-order valence-corrected chi connectivity index (χ0v) is 16.2. The van der Waals surface area contributed by atoms with Gasteiger partial charge in [0, 0.05) is 18.2 Å². The topological polar surface area (TPSA) is 77.1 Å². The second-order valence-electron chi connectivity index (χ2n) is 6.57. The number of alkyl carbamates (subject to hydrolysis) is 1. The number of ether oxygens (including phenoxy) is 3. The lowest BCUT2D eigenvalue weighted by atomic mass is 9.95. The number of carbonyl (C=O) groups is 2. The van der Waals surface area contributed by atoms with Crippen LogP contribution in [0.15, 0.2) is 48.5 Å². The van der Waals surface area contributed by atoms with Gasteiger partial charge in [-0.15, -0.1) is 0 Å². The van der Waals surface area contributed by atoms with Gasteiger partial charge >= 0.3 is 6.09 Å². The average Bonchev–Trinajstić information content (AvgIpc) is 2.74. The van der Waals surface area contributed by atoms with Crippen LogP contribution in [0, 0.1) is 0 Å². The van der Waals surface area contributed by atoms with Crippen LogP contribution in [-0.2, 0) is 22.7 Å². The summed E-state index contributed by atoms with van der Waals surface area (Å²) in [6.07, 6.45) is -0.601. The number of benzene rings is 2. The summed E-state index contributed by atoms with van der Waals surface area (Å²) in [5, 5.41) is 2.65. The summed E-state index contributed by atoms with van der Waals surface area (Å²) in [5.74, 6) is 1.18. The predicted octanol–water partition coefficient (Wildman–Crippen LogP) is 2.73. The highest BCUT2D eigenvalue weighted by atomic mass is 16.5. The van der Waals surface area contributed by atoms with E-state index in [1.54, 1.807) is 25.2 Å². The van der Waals surface area contributed by atoms with E-state index in [9.17, 15) is 9.59 Å². The SMILES string of the molecule is COc1ccc(CN2C(=O)[C@H](NC(=O)OCc3ccccc3)[C@H]2C)c(OC)c1. The Morgan fingerprint density at radius 1 is 1.11 bits per heavy atom. The van der Waals surface area contributed by atoms with Crippen molar-refractivity contribution in [3.63, 3.8) is 0 Å². The van der Waals surface area contributed by atoms with Crippen molar-refractivity contribution < 1.29 is 23.8 Å². The molecule has 1 heterocycles. The summed E-state index contributed by atoms with van der Waals surface area (Å²) in [7, 11) is 3.16. The second kappa shape index (κ2) is 8.65. The zero-order chi connectivity index (χ0) is 20.1. The smallest absolute Gasteiger partial charge is 0.408 e. The highest BCUT2D eigenvalue weighted by molar-refractivity contribution is 5.92. The van der Waals surface area contributed by atoms with Gasteiger partial charge in [-0.25, -0.2) is 4.79 Å². The van der Waals surface area contributed by atoms with Crippen molar-refractivity contribution in [1.82, 2.24) is 10.2 Å². The Morgan fingerprint density at radius 3 is 2.50 bits per heavy atom. The molecule has 1 fully saturated rings. The van der Waals surface area contributed by atoms with Crippen molar-refractivity contribution >= 4 is 12.0 Å². The molecule has 0 bridgehead atoms. The standard InChI is InChI=1S/C21H24N2O5/c1-14-19(22-21(25)28-13-15-7-5-4-6-8-15)20(24)23(14)12-16-9-10-17(26-2)11-18(16)27-3/h4-11,14,19H,12-13H2,1-3H3,(H,22,25)/t14-,19-/m1/s1. The van der Waals surface area contributed by atoms with Crippen LogP contribution in [0.4, 0.5) is 4.79 Å². The maximum absolute atomic E-state index is 12.5. The highest BCUT2D eigenvalue weighted by Gasteiger charge is 2.45. The fraction of sp³-hybridized carbons (Fsp3) is 0.333. The Labute approximate surface area is 164 Å². The molecule has 148 valence electrons. The first-order valence-corrected chi connectivity index (χ1v) is 9.02. The molecule has 2 amide bonds. The van der Waals surface area contributed by atoms with E-state index in [0.717, 1.165) is 11.1 Å². The molecule has 28 heavy (non-hydrogen) atoms. The Kier molecular flexibility index (Phi) is 6.03. The molecule has 2 atom stereocenters. The van der Waals surface area contributed by atoms with Gasteiger partial charge in [-0.1, -0.05) is 30.3 Å². The van der Waals surface area contributed by atoms with E-state index in [2.05, 4.69) is 5.32 Å². The van der Waals surface area contributed by atoms with Crippen molar-refractivity contribution in [2.24, 2.45) is 0 Å². The Morgan fingerprint density at radius 2 is 1.86 bits per heavy atom. The number of amides is 2. The van der Waals surface area contributed by atoms with Crippen molar-refractivity contribution in [2.45, 2.75) is 32.2 Å². The van der Waals surface area contributed by atoms with E-state index in [1.165, 1.54) is 0 Å². The Hall–Kier alpha value is -3.22. The lowest BCUT2D eigenvalue weighted by Crippen LogP contribution is -2.69. The third-order valence-electron chi connectivity index (χ3n) is 4.84. The molecule has 0 saturated carbocycles. The first-order valence-electron chi connectivity index (χ1n) is 9.02. The number of hydrogen-bond acceptors (Lipinski definition) is 5. The van der Waals surface area contributed by atoms with E-state index in [0.29, 0.717) is 18.0 Å². The fourth-order valence-electron chi connectivity index (χ4n) is 3.15. The van der Waals surface area contributed by atoms with Gasteiger partial charge < -0.3 is 24.4 Å². The molecular formula is C21H24N2O5. The lowest BCUT2D eigenvalue weighted by molar-refractivity contribution is -0.150. The maximum Gasteiger partial charge on any atom is 0.408 e. The molecular weight excluding hydrogens is 360 g/mol. The molecule has 2 aromatic rings. The monoisotopic (exact) mass is 384 g/mol. The Bertz CT molecular complexity index is 840. The van der Waals surface area contributed by atoms with E-state index in [1.807, 2.05) is 49.4 Å². The number of β-lactam (4-membered cyclic amide) rings is 1. The molecule has 0 spiro atoms. The molecule has 0 radical (unpaired) electrons. The zero-order valence-electron chi connectivity index (χ0n) is 16.2. The van der Waals surface area contributed by atoms with E-state index >= 15 is 0 Å². The summed E-state index contributed by atoms with van der Waals surface area (Å²) in [4.78, 5) is 26.2. The largest absolute Gasteiger partial charge is 0.497 e. The summed E-state index contributed by atoms with van der Waals surface area (Å²) < 4.78 is 15.8. The average molecular weight is 384 g/mol. The van der Waals surface area contributed by atoms with Crippen molar-refractivity contribution in [1.29, 1.82) is 0 Å². The number of nitrogens with zero attached hydrogens (tertiary/aromatic N) is 1. The van der Waals surface area contributed by atoms with Crippen LogP contribution in [0.25, 0.3) is 0 Å². The minimum atomic E-state index is -0.601. The third-order valence-corrected chi connectivity index (χ3v) is 4.84. The minimum Gasteiger partial charge on any atom is -0.497 e. The molecule has 0 unspecified atom stereocenters. The van der Waals surface area contributed by atoms with E-state index < -0.39 is 12.1 Å². The summed E-state index contributed by atoms with van der Waals surface area (Å²) in [5.41, 5.74) is 1.76. The van der Waals surface area contributed by atoms with Gasteiger partial charge in [-0.05, 0) is 24.6 Å². The van der Waals surface area contributed by atoms with E-state index in [4.69, 9.17) is 14.2 Å². The fourth-order valence-corrected chi connectivity index (χ4v) is 3.15. The van der Waals surface area contributed by atoms with Gasteiger partial charge in [0.15, 0.2) is 0 Å². The highest BCUT2D eigenvalue weighted by Crippen LogP contribution is 2.29. The van der Waals surface area contributed by atoms with Crippen LogP contribution in [0.2, 0.25) is 0 Å². The van der Waals surface area contributed by atoms with Gasteiger partial charge in [-0.2, -0.15) is 0 Å². The van der Waals surface area contributed by atoms with Gasteiger partial charge in [0.2, 0.25) is 5.91 Å². The molecule has 1 saturated heterocycles. The van der Waals surface area contributed by atoms with Gasteiger partial charge in [0.05, 0.1) is 20.3 Å². The van der Waals surface area contributed by atoms with Crippen molar-refractivity contribution in [3.05, 3.63) is 59.7 Å². The number of carbonyl (C=O) groups excluding carboxylic acids is 2. The summed E-state index contributed by atoms with van der Waals surface area (Å²) in [6, 6.07) is 14.1. The van der Waals surface area contributed by atoms with Crippen LogP contribution in [0.5, 0.6) is 11.5 Å². The number of likely N-dealkylation sites (tertiary alicyclic amines) is 1. The normalized spacial score (nSPS) is 18.2. The van der Waals surface area contributed by atoms with Gasteiger partial charge in [-0.3, -0.25) is 4.79 Å². The molecule has 0 aliphatic carbocycles. The molecule has 1 N–H and O–H groups in total. The quantitative estimate of drug-likeness (QED) is 0.743. The van der Waals surface area contributed by atoms with Crippen LogP contribution in [0.1, 0.15) is 18.1 Å². The van der Waals surface area contributed by atoms with Gasteiger partial charge in [0.25, 0.3) is 0 Å². The minimum absolute atomic E-state index is 0.149. The van der Waals surface area contributed by atoms with Gasteiger partial charge in [0.1, 0.15) is 24.1 Å². The summed E-state index contributed by atoms with van der Waals surface area (Å²) in [6.45, 7) is 2.44. The van der Waals surface area contributed by atoms with Crippen LogP contribution in [0.3, 0.4) is 0 Å². The molecule has 1 aliphatic heterocycles. The number of nitrogens with one attached hydrogen (secondary N) is 1. The second-order valence-corrected chi connectivity index (χ2v) is 6.57. The first kappa shape index (κ1) is 19.5. The third kappa shape index (κ3) is 4.19. The molecule has 2 aromatic carbocycles. The predicted molar refractivity (Wildman–Crippen MR) is 103 cm³/mol. The van der Waals surface area contributed by atoms with Crippen molar-refractivity contribution in [2.75, 3.05) is 14.2 Å². The van der Waals surface area contributed by atoms with Crippen LogP contribution >= 0.6 is 0 Å². The molecule has 1 aliphatic rings.